The van der Waals surface area contributed by atoms with E-state index >= 15 is 0 Å². The number of hydrogen-bond donors (Lipinski definition) is 1. The summed E-state index contributed by atoms with van der Waals surface area (Å²) in [4.78, 5) is 15.0. The van der Waals surface area contributed by atoms with Gasteiger partial charge in [-0.25, -0.2) is 0 Å². The van der Waals surface area contributed by atoms with Gasteiger partial charge in [-0.15, -0.1) is 0 Å². The van der Waals surface area contributed by atoms with Crippen molar-refractivity contribution in [2.45, 2.75) is 11.8 Å². The first-order valence-corrected chi connectivity index (χ1v) is 10.9. The molecule has 1 heterocycles. The van der Waals surface area contributed by atoms with Gasteiger partial charge in [-0.2, -0.15) is 11.8 Å². The quantitative estimate of drug-likeness (QED) is 0.757. The van der Waals surface area contributed by atoms with Gasteiger partial charge >= 0.3 is 0 Å². The van der Waals surface area contributed by atoms with Gasteiger partial charge in [0.05, 0.1) is 19.3 Å². The van der Waals surface area contributed by atoms with Crippen molar-refractivity contribution < 1.29 is 9.53 Å². The molecule has 144 valence electrons. The van der Waals surface area contributed by atoms with Gasteiger partial charge in [0.2, 0.25) is 0 Å². The first-order valence-electron chi connectivity index (χ1n) is 9.11. The molecule has 1 N–H and O–H groups in total. The highest BCUT2D eigenvalue weighted by Gasteiger charge is 2.25. The van der Waals surface area contributed by atoms with E-state index in [1.54, 1.807) is 11.8 Å². The molecule has 0 aliphatic carbocycles. The van der Waals surface area contributed by atoms with Crippen LogP contribution in [0.5, 0.6) is 0 Å². The molecule has 1 fully saturated rings. The van der Waals surface area contributed by atoms with E-state index in [0.717, 1.165) is 35.0 Å². The molecule has 2 aromatic rings. The lowest BCUT2D eigenvalue weighted by atomic mass is 10.0. The first kappa shape index (κ1) is 20.2. The molecule has 4 nitrogen and oxygen atoms in total. The van der Waals surface area contributed by atoms with Crippen LogP contribution in [0.1, 0.15) is 27.5 Å². The van der Waals surface area contributed by atoms with E-state index in [9.17, 15) is 4.79 Å². The van der Waals surface area contributed by atoms with Crippen LogP contribution in [-0.4, -0.2) is 49.9 Å². The molecule has 0 saturated carbocycles. The highest BCUT2D eigenvalue weighted by atomic mass is 35.5. The second-order valence-electron chi connectivity index (χ2n) is 6.53. The number of morpholine rings is 1. The predicted octanol–water partition coefficient (Wildman–Crippen LogP) is 4.01. The molecular formula is C21H25ClN2O2S. The van der Waals surface area contributed by atoms with Gasteiger partial charge in [0.25, 0.3) is 5.91 Å². The molecule has 6 heteroatoms. The van der Waals surface area contributed by atoms with E-state index in [4.69, 9.17) is 16.3 Å². The van der Waals surface area contributed by atoms with Crippen LogP contribution in [0.2, 0.25) is 5.02 Å². The summed E-state index contributed by atoms with van der Waals surface area (Å²) < 4.78 is 5.48. The number of amides is 1. The number of hydrogen-bond acceptors (Lipinski definition) is 4. The number of carbonyl (C=O) groups excluding carboxylic acids is 1. The molecule has 1 aliphatic heterocycles. The molecule has 27 heavy (non-hydrogen) atoms. The van der Waals surface area contributed by atoms with Crippen LogP contribution >= 0.6 is 23.4 Å². The average molecular weight is 405 g/mol. The van der Waals surface area contributed by atoms with Crippen LogP contribution in [0.25, 0.3) is 0 Å². The van der Waals surface area contributed by atoms with Gasteiger partial charge in [0.1, 0.15) is 0 Å². The molecule has 3 rings (SSSR count). The maximum Gasteiger partial charge on any atom is 0.251 e. The molecular weight excluding hydrogens is 380 g/mol. The van der Waals surface area contributed by atoms with Gasteiger partial charge in [-0.1, -0.05) is 41.9 Å². The minimum Gasteiger partial charge on any atom is -0.379 e. The molecule has 2 aromatic carbocycles. The Morgan fingerprint density at radius 3 is 2.74 bits per heavy atom. The van der Waals surface area contributed by atoms with Crippen LogP contribution in [0, 0.1) is 0 Å². The zero-order valence-corrected chi connectivity index (χ0v) is 17.1. The van der Waals surface area contributed by atoms with E-state index < -0.39 is 0 Å². The van der Waals surface area contributed by atoms with Gasteiger partial charge in [0.15, 0.2) is 0 Å². The van der Waals surface area contributed by atoms with Crippen LogP contribution in [-0.2, 0) is 10.5 Å². The van der Waals surface area contributed by atoms with Gasteiger partial charge in [0, 0.05) is 36.0 Å². The Kier molecular flexibility index (Phi) is 7.59. The first-order chi connectivity index (χ1) is 13.2. The largest absolute Gasteiger partial charge is 0.379 e. The highest BCUT2D eigenvalue weighted by Crippen LogP contribution is 2.28. The standard InChI is InChI=1S/C21H25ClN2O2S/c1-27-15-16-5-4-6-17(13-16)21(25)23-14-20(24-9-11-26-12-10-24)18-7-2-3-8-19(18)22/h2-8,13,20H,9-12,14-15H2,1H3,(H,23,25). The number of carbonyl (C=O) groups is 1. The van der Waals surface area contributed by atoms with Crippen LogP contribution in [0.3, 0.4) is 0 Å². The Labute approximate surface area is 170 Å². The highest BCUT2D eigenvalue weighted by molar-refractivity contribution is 7.97. The Balaban J connectivity index is 1.73. The lowest BCUT2D eigenvalue weighted by molar-refractivity contribution is 0.0162. The minimum atomic E-state index is -0.0525. The lowest BCUT2D eigenvalue weighted by Gasteiger charge is -2.35. The fourth-order valence-corrected chi connectivity index (χ4v) is 4.11. The van der Waals surface area contributed by atoms with Crippen molar-refractivity contribution in [1.82, 2.24) is 10.2 Å². The molecule has 1 amide bonds. The van der Waals surface area contributed by atoms with Crippen molar-refractivity contribution in [3.8, 4) is 0 Å². The zero-order valence-electron chi connectivity index (χ0n) is 15.5. The van der Waals surface area contributed by atoms with E-state index in [1.165, 1.54) is 0 Å². The molecule has 0 radical (unpaired) electrons. The number of halogens is 1. The summed E-state index contributed by atoms with van der Waals surface area (Å²) in [5.41, 5.74) is 2.89. The topological polar surface area (TPSA) is 41.6 Å². The van der Waals surface area contributed by atoms with Crippen LogP contribution in [0.15, 0.2) is 48.5 Å². The molecule has 1 saturated heterocycles. The molecule has 1 unspecified atom stereocenters. The van der Waals surface area contributed by atoms with Gasteiger partial charge in [-0.05, 0) is 35.6 Å². The zero-order chi connectivity index (χ0) is 19.1. The molecule has 1 aliphatic rings. The second-order valence-corrected chi connectivity index (χ2v) is 7.80. The monoisotopic (exact) mass is 404 g/mol. The van der Waals surface area contributed by atoms with Crippen LogP contribution in [0.4, 0.5) is 0 Å². The van der Waals surface area contributed by atoms with E-state index in [1.807, 2.05) is 48.5 Å². The molecule has 0 aromatic heterocycles. The van der Waals surface area contributed by atoms with Crippen molar-refractivity contribution in [3.63, 3.8) is 0 Å². The van der Waals surface area contributed by atoms with Crippen molar-refractivity contribution >= 4 is 29.3 Å². The third-order valence-electron chi connectivity index (χ3n) is 4.71. The van der Waals surface area contributed by atoms with E-state index in [-0.39, 0.29) is 11.9 Å². The number of rotatable bonds is 7. The van der Waals surface area contributed by atoms with E-state index in [0.29, 0.717) is 25.3 Å². The number of ether oxygens (including phenoxy) is 1. The Morgan fingerprint density at radius 2 is 2.00 bits per heavy atom. The number of thioether (sulfide) groups is 1. The third-order valence-corrected chi connectivity index (χ3v) is 5.67. The van der Waals surface area contributed by atoms with E-state index in [2.05, 4.69) is 16.5 Å². The Morgan fingerprint density at radius 1 is 1.22 bits per heavy atom. The van der Waals surface area contributed by atoms with Crippen molar-refractivity contribution in [2.24, 2.45) is 0 Å². The summed E-state index contributed by atoms with van der Waals surface area (Å²) in [6.07, 6.45) is 2.06. The molecule has 1 atom stereocenters. The Hall–Kier alpha value is -1.53. The number of benzene rings is 2. The third kappa shape index (κ3) is 5.48. The van der Waals surface area contributed by atoms with Gasteiger partial charge < -0.3 is 10.1 Å². The average Bonchev–Trinajstić information content (AvgIpc) is 2.70. The molecule has 0 spiro atoms. The van der Waals surface area contributed by atoms with Crippen molar-refractivity contribution in [1.29, 1.82) is 0 Å². The fourth-order valence-electron chi connectivity index (χ4n) is 3.33. The minimum absolute atomic E-state index is 0.0286. The van der Waals surface area contributed by atoms with Crippen molar-refractivity contribution in [3.05, 3.63) is 70.2 Å². The maximum atomic E-state index is 12.7. The summed E-state index contributed by atoms with van der Waals surface area (Å²) in [5, 5.41) is 3.83. The van der Waals surface area contributed by atoms with Crippen LogP contribution < -0.4 is 5.32 Å². The SMILES string of the molecule is CSCc1cccc(C(=O)NCC(c2ccccc2Cl)N2CCOCC2)c1. The molecule has 0 bridgehead atoms. The van der Waals surface area contributed by atoms with Crippen molar-refractivity contribution in [2.75, 3.05) is 39.1 Å². The summed E-state index contributed by atoms with van der Waals surface area (Å²) in [5.74, 6) is 0.847. The second kappa shape index (κ2) is 10.1. The summed E-state index contributed by atoms with van der Waals surface area (Å²) in [7, 11) is 0. The predicted molar refractivity (Wildman–Crippen MR) is 113 cm³/mol. The Bertz CT molecular complexity index is 765. The number of nitrogens with one attached hydrogen (secondary N) is 1. The smallest absolute Gasteiger partial charge is 0.251 e. The maximum absolute atomic E-state index is 12.7. The summed E-state index contributed by atoms with van der Waals surface area (Å²) in [6, 6.07) is 15.7. The number of nitrogens with zero attached hydrogens (tertiary/aromatic N) is 1. The summed E-state index contributed by atoms with van der Waals surface area (Å²) in [6.45, 7) is 3.57. The normalized spacial score (nSPS) is 16.1. The fraction of sp³-hybridized carbons (Fsp3) is 0.381. The lowest BCUT2D eigenvalue weighted by Crippen LogP contribution is -2.44. The van der Waals surface area contributed by atoms with Gasteiger partial charge in [-0.3, -0.25) is 9.69 Å². The summed E-state index contributed by atoms with van der Waals surface area (Å²) >= 11 is 8.20.